The highest BCUT2D eigenvalue weighted by Crippen LogP contribution is 2.12. The average Bonchev–Trinajstić information content (AvgIpc) is 2.94. The first-order valence-corrected chi connectivity index (χ1v) is 5.96. The van der Waals surface area contributed by atoms with Gasteiger partial charge in [0.1, 0.15) is 5.82 Å². The molecule has 0 spiro atoms. The molecular weight excluding hydrogens is 214 g/mol. The number of hydrogen-bond acceptors (Lipinski definition) is 3. The third-order valence-electron chi connectivity index (χ3n) is 2.87. The number of aromatic nitrogens is 4. The van der Waals surface area contributed by atoms with E-state index in [4.69, 9.17) is 0 Å². The van der Waals surface area contributed by atoms with E-state index in [2.05, 4.69) is 29.4 Å². The summed E-state index contributed by atoms with van der Waals surface area (Å²) in [4.78, 5) is 0. The predicted octanol–water partition coefficient (Wildman–Crippen LogP) is 2.20. The SMILES string of the molecule is CC[C@@H](C)n1ccc(NCc2ccn(C)n2)n1. The first kappa shape index (κ1) is 11.7. The summed E-state index contributed by atoms with van der Waals surface area (Å²) in [6.07, 6.45) is 5.03. The van der Waals surface area contributed by atoms with Gasteiger partial charge in [-0.25, -0.2) is 0 Å². The van der Waals surface area contributed by atoms with Crippen LogP contribution in [0.3, 0.4) is 0 Å². The fourth-order valence-electron chi connectivity index (χ4n) is 1.60. The Morgan fingerprint density at radius 3 is 2.76 bits per heavy atom. The molecule has 0 radical (unpaired) electrons. The minimum Gasteiger partial charge on any atom is -0.363 e. The fourth-order valence-corrected chi connectivity index (χ4v) is 1.60. The van der Waals surface area contributed by atoms with E-state index in [1.54, 1.807) is 4.68 Å². The van der Waals surface area contributed by atoms with Crippen molar-refractivity contribution >= 4 is 5.82 Å². The van der Waals surface area contributed by atoms with E-state index in [0.29, 0.717) is 12.6 Å². The molecule has 5 heteroatoms. The van der Waals surface area contributed by atoms with Crippen molar-refractivity contribution in [3.63, 3.8) is 0 Å². The number of hydrogen-bond donors (Lipinski definition) is 1. The molecular formula is C12H19N5. The monoisotopic (exact) mass is 233 g/mol. The number of anilines is 1. The Bertz CT molecular complexity index is 471. The van der Waals surface area contributed by atoms with Gasteiger partial charge in [0.15, 0.2) is 0 Å². The second kappa shape index (κ2) is 5.03. The van der Waals surface area contributed by atoms with Crippen molar-refractivity contribution in [1.29, 1.82) is 0 Å². The van der Waals surface area contributed by atoms with Gasteiger partial charge in [0.25, 0.3) is 0 Å². The van der Waals surface area contributed by atoms with Crippen molar-refractivity contribution in [1.82, 2.24) is 19.6 Å². The van der Waals surface area contributed by atoms with Crippen LogP contribution in [0.2, 0.25) is 0 Å². The molecule has 0 aliphatic carbocycles. The van der Waals surface area contributed by atoms with Crippen LogP contribution >= 0.6 is 0 Å². The zero-order chi connectivity index (χ0) is 12.3. The smallest absolute Gasteiger partial charge is 0.148 e. The average molecular weight is 233 g/mol. The van der Waals surface area contributed by atoms with Crippen molar-refractivity contribution in [2.24, 2.45) is 7.05 Å². The summed E-state index contributed by atoms with van der Waals surface area (Å²) in [6, 6.07) is 4.44. The van der Waals surface area contributed by atoms with Crippen molar-refractivity contribution in [2.45, 2.75) is 32.9 Å². The van der Waals surface area contributed by atoms with Crippen LogP contribution in [0.5, 0.6) is 0 Å². The molecule has 92 valence electrons. The van der Waals surface area contributed by atoms with Crippen LogP contribution in [0, 0.1) is 0 Å². The molecule has 0 amide bonds. The lowest BCUT2D eigenvalue weighted by molar-refractivity contribution is 0.479. The van der Waals surface area contributed by atoms with Crippen LogP contribution < -0.4 is 5.32 Å². The molecule has 0 unspecified atom stereocenters. The molecule has 5 nitrogen and oxygen atoms in total. The Morgan fingerprint density at radius 1 is 1.29 bits per heavy atom. The first-order valence-electron chi connectivity index (χ1n) is 5.96. The zero-order valence-electron chi connectivity index (χ0n) is 10.6. The highest BCUT2D eigenvalue weighted by Gasteiger charge is 2.04. The van der Waals surface area contributed by atoms with Gasteiger partial charge in [-0.05, 0) is 19.4 Å². The van der Waals surface area contributed by atoms with Crippen molar-refractivity contribution in [3.8, 4) is 0 Å². The van der Waals surface area contributed by atoms with Crippen LogP contribution in [-0.2, 0) is 13.6 Å². The molecule has 0 aliphatic rings. The molecule has 0 saturated carbocycles. The van der Waals surface area contributed by atoms with Gasteiger partial charge >= 0.3 is 0 Å². The molecule has 2 heterocycles. The third-order valence-corrected chi connectivity index (χ3v) is 2.87. The summed E-state index contributed by atoms with van der Waals surface area (Å²) >= 11 is 0. The van der Waals surface area contributed by atoms with Gasteiger partial charge in [-0.3, -0.25) is 9.36 Å². The molecule has 2 aromatic heterocycles. The topological polar surface area (TPSA) is 47.7 Å². The normalized spacial score (nSPS) is 12.6. The largest absolute Gasteiger partial charge is 0.363 e. The van der Waals surface area contributed by atoms with Gasteiger partial charge in [-0.1, -0.05) is 6.92 Å². The summed E-state index contributed by atoms with van der Waals surface area (Å²) in [5, 5.41) is 12.0. The Kier molecular flexibility index (Phi) is 3.46. The number of aryl methyl sites for hydroxylation is 1. The standard InChI is InChI=1S/C12H19N5/c1-4-10(2)17-8-6-12(15-17)13-9-11-5-7-16(3)14-11/h5-8,10H,4,9H2,1-3H3,(H,13,15)/t10-/m1/s1. The van der Waals surface area contributed by atoms with E-state index < -0.39 is 0 Å². The van der Waals surface area contributed by atoms with Crippen molar-refractivity contribution < 1.29 is 0 Å². The van der Waals surface area contributed by atoms with E-state index in [-0.39, 0.29) is 0 Å². The summed E-state index contributed by atoms with van der Waals surface area (Å²) < 4.78 is 3.79. The minimum atomic E-state index is 0.445. The van der Waals surface area contributed by atoms with Gasteiger partial charge in [0.2, 0.25) is 0 Å². The highest BCUT2D eigenvalue weighted by molar-refractivity contribution is 5.32. The molecule has 1 atom stereocenters. The van der Waals surface area contributed by atoms with Crippen LogP contribution in [0.25, 0.3) is 0 Å². The van der Waals surface area contributed by atoms with E-state index in [0.717, 1.165) is 17.9 Å². The Morgan fingerprint density at radius 2 is 2.12 bits per heavy atom. The van der Waals surface area contributed by atoms with E-state index in [9.17, 15) is 0 Å². The summed E-state index contributed by atoms with van der Waals surface area (Å²) in [5.74, 6) is 0.899. The van der Waals surface area contributed by atoms with Gasteiger partial charge in [0, 0.05) is 31.5 Å². The van der Waals surface area contributed by atoms with Crippen LogP contribution in [-0.4, -0.2) is 19.6 Å². The van der Waals surface area contributed by atoms with Gasteiger partial charge in [-0.15, -0.1) is 0 Å². The lowest BCUT2D eigenvalue weighted by Gasteiger charge is -2.08. The van der Waals surface area contributed by atoms with Crippen molar-refractivity contribution in [3.05, 3.63) is 30.2 Å². The molecule has 2 aromatic rings. The molecule has 0 bridgehead atoms. The minimum absolute atomic E-state index is 0.445. The fraction of sp³-hybridized carbons (Fsp3) is 0.500. The second-order valence-corrected chi connectivity index (χ2v) is 4.27. The highest BCUT2D eigenvalue weighted by atomic mass is 15.3. The molecule has 0 fully saturated rings. The van der Waals surface area contributed by atoms with Gasteiger partial charge < -0.3 is 5.32 Å². The number of rotatable bonds is 5. The van der Waals surface area contributed by atoms with Gasteiger partial charge in [-0.2, -0.15) is 10.2 Å². The lowest BCUT2D eigenvalue weighted by atomic mass is 10.3. The molecule has 0 aromatic carbocycles. The molecule has 1 N–H and O–H groups in total. The third kappa shape index (κ3) is 2.87. The van der Waals surface area contributed by atoms with Gasteiger partial charge in [0.05, 0.1) is 12.2 Å². The summed E-state index contributed by atoms with van der Waals surface area (Å²) in [5.41, 5.74) is 1.02. The maximum absolute atomic E-state index is 4.47. The molecule has 17 heavy (non-hydrogen) atoms. The van der Waals surface area contributed by atoms with Crippen LogP contribution in [0.1, 0.15) is 32.0 Å². The molecule has 0 saturated heterocycles. The number of nitrogens with one attached hydrogen (secondary N) is 1. The second-order valence-electron chi connectivity index (χ2n) is 4.27. The molecule has 0 aliphatic heterocycles. The van der Waals surface area contributed by atoms with E-state index in [1.807, 2.05) is 36.3 Å². The molecule has 2 rings (SSSR count). The summed E-state index contributed by atoms with van der Waals surface area (Å²) in [7, 11) is 1.92. The maximum Gasteiger partial charge on any atom is 0.148 e. The lowest BCUT2D eigenvalue weighted by Crippen LogP contribution is -2.06. The Balaban J connectivity index is 1.93. The first-order chi connectivity index (χ1) is 8.19. The van der Waals surface area contributed by atoms with E-state index in [1.165, 1.54) is 0 Å². The number of nitrogens with zero attached hydrogens (tertiary/aromatic N) is 4. The Hall–Kier alpha value is -1.78. The maximum atomic E-state index is 4.47. The van der Waals surface area contributed by atoms with Crippen LogP contribution in [0.15, 0.2) is 24.5 Å². The van der Waals surface area contributed by atoms with Crippen LogP contribution in [0.4, 0.5) is 5.82 Å². The zero-order valence-corrected chi connectivity index (χ0v) is 10.6. The van der Waals surface area contributed by atoms with E-state index >= 15 is 0 Å². The van der Waals surface area contributed by atoms with Crippen molar-refractivity contribution in [2.75, 3.05) is 5.32 Å². The Labute approximate surface area is 101 Å². The summed E-state index contributed by atoms with van der Waals surface area (Å²) in [6.45, 7) is 5.03. The predicted molar refractivity (Wildman–Crippen MR) is 67.8 cm³/mol. The quantitative estimate of drug-likeness (QED) is 0.861.